The molecule has 0 fully saturated rings. The second-order valence-electron chi connectivity index (χ2n) is 9.40. The summed E-state index contributed by atoms with van der Waals surface area (Å²) < 4.78 is 5.26. The third-order valence-electron chi connectivity index (χ3n) is 5.94. The lowest BCUT2D eigenvalue weighted by atomic mass is 10.0. The Bertz CT molecular complexity index is 617. The molecule has 8 nitrogen and oxygen atoms in total. The first-order chi connectivity index (χ1) is 17.3. The average Bonchev–Trinajstić information content (AvgIpc) is 2.83. The number of carbonyl (C=O) groups excluding carboxylic acids is 4. The molecular weight excluding hydrogens is 480 g/mol. The number of carbonyl (C=O) groups is 4. The van der Waals surface area contributed by atoms with E-state index in [1.54, 1.807) is 0 Å². The fraction of sp³-hybridized carbons (Fsp3) is 0.852. The van der Waals surface area contributed by atoms with Crippen LogP contribution in [0.5, 0.6) is 0 Å². The third kappa shape index (κ3) is 20.6. The minimum Gasteiger partial charge on any atom is -0.465 e. The Labute approximate surface area is 222 Å². The molecule has 0 aromatic rings. The number of nitrogens with one attached hydrogen (secondary N) is 2. The zero-order valence-electron chi connectivity index (χ0n) is 22.8. The highest BCUT2D eigenvalue weighted by Gasteiger charge is 2.24. The van der Waals surface area contributed by atoms with Gasteiger partial charge in [0.1, 0.15) is 18.7 Å². The van der Waals surface area contributed by atoms with Crippen molar-refractivity contribution in [1.29, 1.82) is 0 Å². The van der Waals surface area contributed by atoms with E-state index >= 15 is 0 Å². The maximum atomic E-state index is 12.3. The minimum atomic E-state index is -0.996. The van der Waals surface area contributed by atoms with E-state index in [2.05, 4.69) is 17.6 Å². The molecule has 0 unspecified atom stereocenters. The van der Waals surface area contributed by atoms with Crippen LogP contribution < -0.4 is 10.6 Å². The highest BCUT2D eigenvalue weighted by Crippen LogP contribution is 2.13. The number of hydrogen-bond acceptors (Lipinski definition) is 7. The van der Waals surface area contributed by atoms with Gasteiger partial charge in [-0.15, -0.1) is 0 Å². The predicted molar refractivity (Wildman–Crippen MR) is 146 cm³/mol. The Morgan fingerprint density at radius 1 is 0.778 bits per heavy atom. The van der Waals surface area contributed by atoms with Crippen LogP contribution in [0.2, 0.25) is 0 Å². The number of aliphatic hydroxyl groups is 1. The number of rotatable bonds is 24. The Morgan fingerprint density at radius 2 is 1.31 bits per heavy atom. The van der Waals surface area contributed by atoms with Crippen LogP contribution in [-0.2, 0) is 23.9 Å². The number of ketones is 1. The number of Topliss-reactive ketones (excluding diaryl/α,β-unsaturated/α-hetero) is 1. The van der Waals surface area contributed by atoms with Crippen molar-refractivity contribution in [2.24, 2.45) is 0 Å². The molecule has 0 radical (unpaired) electrons. The highest BCUT2D eigenvalue weighted by atomic mass is 32.2. The lowest BCUT2D eigenvalue weighted by molar-refractivity contribution is -0.143. The molecule has 36 heavy (non-hydrogen) atoms. The van der Waals surface area contributed by atoms with Gasteiger partial charge in [0.2, 0.25) is 11.8 Å². The molecule has 0 saturated carbocycles. The van der Waals surface area contributed by atoms with Gasteiger partial charge < -0.3 is 20.5 Å². The number of esters is 1. The molecule has 3 N–H and O–H groups in total. The Kier molecular flexibility index (Phi) is 22.7. The third-order valence-corrected chi connectivity index (χ3v) is 6.97. The SMILES string of the molecule is CCCCCCCCCCCCCCCC(=O)OCCSC[C@H](NC(C)=O)C(=O)N[C@@H](CO)C(C)=O. The number of thioether (sulfide) groups is 1. The van der Waals surface area contributed by atoms with Gasteiger partial charge in [-0.3, -0.25) is 19.2 Å². The molecule has 0 saturated heterocycles. The van der Waals surface area contributed by atoms with E-state index in [0.29, 0.717) is 12.2 Å². The van der Waals surface area contributed by atoms with Gasteiger partial charge in [0.25, 0.3) is 0 Å². The molecule has 2 atom stereocenters. The zero-order chi connectivity index (χ0) is 27.0. The fourth-order valence-corrected chi connectivity index (χ4v) is 4.59. The lowest BCUT2D eigenvalue weighted by Crippen LogP contribution is -2.53. The van der Waals surface area contributed by atoms with Crippen molar-refractivity contribution in [2.45, 2.75) is 123 Å². The van der Waals surface area contributed by atoms with Crippen LogP contribution >= 0.6 is 11.8 Å². The largest absolute Gasteiger partial charge is 0.465 e. The Morgan fingerprint density at radius 3 is 1.78 bits per heavy atom. The number of ether oxygens (including phenoxy) is 1. The molecule has 0 rings (SSSR count). The summed E-state index contributed by atoms with van der Waals surface area (Å²) in [7, 11) is 0. The Balaban J connectivity index is 3.79. The fourth-order valence-electron chi connectivity index (χ4n) is 3.75. The summed E-state index contributed by atoms with van der Waals surface area (Å²) in [5, 5.41) is 14.2. The molecule has 2 amide bonds. The topological polar surface area (TPSA) is 122 Å². The van der Waals surface area contributed by atoms with Crippen LogP contribution in [-0.4, -0.2) is 65.5 Å². The number of amides is 2. The standard InChI is InChI=1S/C27H50N2O6S/c1-4-5-6-7-8-9-10-11-12-13-14-15-16-17-26(33)35-18-19-36-21-25(28-23(3)32)27(34)29-24(20-30)22(2)31/h24-25,30H,4-21H2,1-3H3,(H,28,32)(H,29,34)/t24-,25-/m0/s1. The van der Waals surface area contributed by atoms with Crippen molar-refractivity contribution in [1.82, 2.24) is 10.6 Å². The molecule has 0 aliphatic heterocycles. The van der Waals surface area contributed by atoms with Crippen LogP contribution in [0.3, 0.4) is 0 Å². The van der Waals surface area contributed by atoms with Gasteiger partial charge in [-0.1, -0.05) is 84.0 Å². The van der Waals surface area contributed by atoms with Gasteiger partial charge in [0, 0.05) is 24.9 Å². The summed E-state index contributed by atoms with van der Waals surface area (Å²) in [6, 6.07) is -1.84. The maximum Gasteiger partial charge on any atom is 0.305 e. The first-order valence-corrected chi connectivity index (χ1v) is 14.9. The van der Waals surface area contributed by atoms with Gasteiger partial charge in [-0.2, -0.15) is 11.8 Å². The van der Waals surface area contributed by atoms with E-state index in [-0.39, 0.29) is 30.0 Å². The van der Waals surface area contributed by atoms with Gasteiger partial charge >= 0.3 is 5.97 Å². The molecule has 0 aliphatic rings. The van der Waals surface area contributed by atoms with E-state index in [1.807, 2.05) is 0 Å². The zero-order valence-corrected chi connectivity index (χ0v) is 23.6. The van der Waals surface area contributed by atoms with Crippen LogP contribution in [0.15, 0.2) is 0 Å². The first kappa shape index (κ1) is 34.4. The molecule has 0 aromatic carbocycles. The van der Waals surface area contributed by atoms with Crippen molar-refractivity contribution in [2.75, 3.05) is 24.7 Å². The molecule has 9 heteroatoms. The summed E-state index contributed by atoms with van der Waals surface area (Å²) in [5.41, 5.74) is 0. The lowest BCUT2D eigenvalue weighted by Gasteiger charge is -2.20. The minimum absolute atomic E-state index is 0.206. The summed E-state index contributed by atoms with van der Waals surface area (Å²) in [6.45, 7) is 4.56. The van der Waals surface area contributed by atoms with Gasteiger partial charge in [0.05, 0.1) is 6.61 Å². The summed E-state index contributed by atoms with van der Waals surface area (Å²) >= 11 is 1.36. The highest BCUT2D eigenvalue weighted by molar-refractivity contribution is 7.99. The summed E-state index contributed by atoms with van der Waals surface area (Å²) in [6.07, 6.45) is 16.8. The van der Waals surface area contributed by atoms with Crippen LogP contribution in [0, 0.1) is 0 Å². The molecule has 0 aromatic heterocycles. The Hall–Kier alpha value is -1.61. The number of unbranched alkanes of at least 4 members (excludes halogenated alkanes) is 12. The molecule has 210 valence electrons. The summed E-state index contributed by atoms with van der Waals surface area (Å²) in [4.78, 5) is 47.1. The van der Waals surface area contributed by atoms with E-state index in [4.69, 9.17) is 4.74 Å². The monoisotopic (exact) mass is 530 g/mol. The van der Waals surface area contributed by atoms with E-state index in [1.165, 1.54) is 89.8 Å². The molecule has 0 aliphatic carbocycles. The second kappa shape index (κ2) is 23.8. The van der Waals surface area contributed by atoms with Crippen LogP contribution in [0.1, 0.15) is 111 Å². The van der Waals surface area contributed by atoms with Crippen molar-refractivity contribution < 1.29 is 29.0 Å². The second-order valence-corrected chi connectivity index (χ2v) is 10.5. The predicted octanol–water partition coefficient (Wildman–Crippen LogP) is 4.31. The van der Waals surface area contributed by atoms with E-state index < -0.39 is 24.6 Å². The summed E-state index contributed by atoms with van der Waals surface area (Å²) in [5.74, 6) is -0.728. The van der Waals surface area contributed by atoms with Gasteiger partial charge in [0.15, 0.2) is 5.78 Å². The average molecular weight is 531 g/mol. The van der Waals surface area contributed by atoms with Crippen molar-refractivity contribution in [3.63, 3.8) is 0 Å². The quantitative estimate of drug-likeness (QED) is 0.126. The normalized spacial score (nSPS) is 12.6. The van der Waals surface area contributed by atoms with E-state index in [0.717, 1.165) is 19.3 Å². The van der Waals surface area contributed by atoms with Crippen molar-refractivity contribution >= 4 is 35.3 Å². The number of hydrogen-bond donors (Lipinski definition) is 3. The van der Waals surface area contributed by atoms with Crippen molar-refractivity contribution in [3.8, 4) is 0 Å². The van der Waals surface area contributed by atoms with Crippen LogP contribution in [0.4, 0.5) is 0 Å². The molecular formula is C27H50N2O6S. The number of aliphatic hydroxyl groups excluding tert-OH is 1. The maximum absolute atomic E-state index is 12.3. The molecule has 0 bridgehead atoms. The van der Waals surface area contributed by atoms with Crippen LogP contribution in [0.25, 0.3) is 0 Å². The van der Waals surface area contributed by atoms with Crippen molar-refractivity contribution in [3.05, 3.63) is 0 Å². The molecule has 0 spiro atoms. The van der Waals surface area contributed by atoms with Gasteiger partial charge in [-0.25, -0.2) is 0 Å². The smallest absolute Gasteiger partial charge is 0.305 e. The first-order valence-electron chi connectivity index (χ1n) is 13.7. The van der Waals surface area contributed by atoms with Gasteiger partial charge in [-0.05, 0) is 13.3 Å². The van der Waals surface area contributed by atoms with E-state index in [9.17, 15) is 24.3 Å². The molecule has 0 heterocycles.